The molecule has 7 nitrogen and oxygen atoms in total. The first-order valence-corrected chi connectivity index (χ1v) is 11.8. The fourth-order valence-electron chi connectivity index (χ4n) is 4.94. The molecule has 0 unspecified atom stereocenters. The average molecular weight is 535 g/mol. The van der Waals surface area contributed by atoms with E-state index in [9.17, 15) is 4.79 Å². The van der Waals surface area contributed by atoms with Gasteiger partial charge in [-0.1, -0.05) is 26.7 Å². The summed E-state index contributed by atoms with van der Waals surface area (Å²) in [5, 5.41) is 3.56. The zero-order valence-electron chi connectivity index (χ0n) is 19.3. The summed E-state index contributed by atoms with van der Waals surface area (Å²) in [6, 6.07) is 0. The van der Waals surface area contributed by atoms with Crippen molar-refractivity contribution < 1.29 is 4.79 Å². The van der Waals surface area contributed by atoms with Gasteiger partial charge in [0.05, 0.1) is 0 Å². The van der Waals surface area contributed by atoms with E-state index in [1.165, 1.54) is 19.4 Å². The molecule has 174 valence electrons. The second-order valence-corrected chi connectivity index (χ2v) is 9.30. The number of nitrogens with zero attached hydrogens (tertiary/aromatic N) is 5. The molecule has 3 rings (SSSR count). The van der Waals surface area contributed by atoms with Gasteiger partial charge in [0.15, 0.2) is 5.96 Å². The maximum absolute atomic E-state index is 12.6. The Hall–Kier alpha value is -0.610. The summed E-state index contributed by atoms with van der Waals surface area (Å²) < 4.78 is 0. The number of carbonyl (C=O) groups is 1. The zero-order chi connectivity index (χ0) is 20.6. The van der Waals surface area contributed by atoms with Crippen molar-refractivity contribution in [1.29, 1.82) is 0 Å². The lowest BCUT2D eigenvalue weighted by atomic mass is 10.1. The molecule has 2 heterocycles. The van der Waals surface area contributed by atoms with Gasteiger partial charge in [0.1, 0.15) is 0 Å². The van der Waals surface area contributed by atoms with Crippen molar-refractivity contribution in [2.24, 2.45) is 16.8 Å². The van der Waals surface area contributed by atoms with Crippen LogP contribution in [0.15, 0.2) is 4.99 Å². The number of rotatable bonds is 6. The lowest BCUT2D eigenvalue weighted by Crippen LogP contribution is -2.54. The fourth-order valence-corrected chi connectivity index (χ4v) is 4.94. The van der Waals surface area contributed by atoms with Crippen LogP contribution in [0.2, 0.25) is 0 Å². The fraction of sp³-hybridized carbons (Fsp3) is 0.909. The normalized spacial score (nSPS) is 22.5. The van der Waals surface area contributed by atoms with Gasteiger partial charge in [0.25, 0.3) is 0 Å². The number of amides is 1. The Labute approximate surface area is 200 Å². The van der Waals surface area contributed by atoms with Crippen LogP contribution in [0, 0.1) is 11.8 Å². The number of hydrogen-bond donors (Lipinski definition) is 1. The molecule has 0 aromatic heterocycles. The molecule has 2 saturated heterocycles. The van der Waals surface area contributed by atoms with Crippen molar-refractivity contribution >= 4 is 35.8 Å². The highest BCUT2D eigenvalue weighted by Crippen LogP contribution is 2.26. The predicted molar refractivity (Wildman–Crippen MR) is 135 cm³/mol. The van der Waals surface area contributed by atoms with E-state index in [-0.39, 0.29) is 24.0 Å². The molecule has 1 aliphatic carbocycles. The van der Waals surface area contributed by atoms with E-state index in [0.29, 0.717) is 11.8 Å². The number of nitrogens with one attached hydrogen (secondary N) is 1. The first-order valence-electron chi connectivity index (χ1n) is 11.8. The molecule has 0 radical (unpaired) electrons. The van der Waals surface area contributed by atoms with Crippen molar-refractivity contribution in [3.05, 3.63) is 0 Å². The van der Waals surface area contributed by atoms with Crippen LogP contribution in [0.1, 0.15) is 39.5 Å². The van der Waals surface area contributed by atoms with Crippen molar-refractivity contribution in [2.45, 2.75) is 39.5 Å². The summed E-state index contributed by atoms with van der Waals surface area (Å²) in [5.74, 6) is 2.49. The lowest BCUT2D eigenvalue weighted by Gasteiger charge is -2.38. The Bertz CT molecular complexity index is 536. The van der Waals surface area contributed by atoms with Gasteiger partial charge in [0.2, 0.25) is 5.91 Å². The van der Waals surface area contributed by atoms with Crippen molar-refractivity contribution in [1.82, 2.24) is 24.9 Å². The second-order valence-electron chi connectivity index (χ2n) is 9.30. The van der Waals surface area contributed by atoms with E-state index in [2.05, 4.69) is 43.8 Å². The molecule has 1 amide bonds. The first-order chi connectivity index (χ1) is 14.1. The highest BCUT2D eigenvalue weighted by molar-refractivity contribution is 14.0. The molecule has 1 saturated carbocycles. The van der Waals surface area contributed by atoms with Crippen LogP contribution in [0.25, 0.3) is 0 Å². The topological polar surface area (TPSA) is 54.4 Å². The van der Waals surface area contributed by atoms with Gasteiger partial charge >= 0.3 is 0 Å². The molecule has 30 heavy (non-hydrogen) atoms. The molecule has 0 bridgehead atoms. The van der Waals surface area contributed by atoms with Gasteiger partial charge in [-0.3, -0.25) is 19.6 Å². The van der Waals surface area contributed by atoms with Crippen LogP contribution in [0.3, 0.4) is 0 Å². The van der Waals surface area contributed by atoms with Crippen LogP contribution in [-0.4, -0.2) is 111 Å². The monoisotopic (exact) mass is 534 g/mol. The van der Waals surface area contributed by atoms with Gasteiger partial charge in [0, 0.05) is 85.0 Å². The van der Waals surface area contributed by atoms with E-state index in [1.807, 2.05) is 7.05 Å². The molecule has 1 N–H and O–H groups in total. The van der Waals surface area contributed by atoms with Gasteiger partial charge in [-0.2, -0.15) is 0 Å². The average Bonchev–Trinajstić information content (AvgIpc) is 3.26. The summed E-state index contributed by atoms with van der Waals surface area (Å²) in [7, 11) is 1.89. The molecule has 0 aromatic rings. The molecule has 0 spiro atoms. The maximum atomic E-state index is 12.6. The van der Waals surface area contributed by atoms with Crippen molar-refractivity contribution in [3.63, 3.8) is 0 Å². The molecule has 8 heteroatoms. The lowest BCUT2D eigenvalue weighted by molar-refractivity contribution is -0.137. The highest BCUT2D eigenvalue weighted by atomic mass is 127. The number of guanidine groups is 1. The highest BCUT2D eigenvalue weighted by Gasteiger charge is 2.29. The Morgan fingerprint density at radius 1 is 0.933 bits per heavy atom. The first kappa shape index (κ1) is 25.6. The molecule has 2 aliphatic heterocycles. The predicted octanol–water partition coefficient (Wildman–Crippen LogP) is 1.79. The Morgan fingerprint density at radius 3 is 2.07 bits per heavy atom. The van der Waals surface area contributed by atoms with Crippen molar-refractivity contribution in [2.75, 3.05) is 79.0 Å². The summed E-state index contributed by atoms with van der Waals surface area (Å²) in [4.78, 5) is 26.6. The van der Waals surface area contributed by atoms with Crippen LogP contribution in [0.4, 0.5) is 0 Å². The van der Waals surface area contributed by atoms with Gasteiger partial charge in [-0.25, -0.2) is 0 Å². The number of aliphatic imine (C=N–C) groups is 1. The third-order valence-corrected chi connectivity index (χ3v) is 6.61. The van der Waals surface area contributed by atoms with Crippen LogP contribution in [0.5, 0.6) is 0 Å². The van der Waals surface area contributed by atoms with E-state index < -0.39 is 0 Å². The molecular formula is C22H43IN6O. The largest absolute Gasteiger partial charge is 0.355 e. The zero-order valence-corrected chi connectivity index (χ0v) is 21.6. The molecule has 0 aromatic carbocycles. The van der Waals surface area contributed by atoms with E-state index in [1.54, 1.807) is 0 Å². The minimum absolute atomic E-state index is 0. The molecular weight excluding hydrogens is 491 g/mol. The Morgan fingerprint density at radius 2 is 1.50 bits per heavy atom. The Balaban J connectivity index is 0.00000320. The molecule has 0 atom stereocenters. The van der Waals surface area contributed by atoms with Crippen molar-refractivity contribution in [3.8, 4) is 0 Å². The Kier molecular flexibility index (Phi) is 11.2. The number of hydrogen-bond acceptors (Lipinski definition) is 4. The van der Waals surface area contributed by atoms with E-state index in [4.69, 9.17) is 0 Å². The number of halogens is 1. The standard InChI is InChI=1S/C22H42N6O.HI/c1-19(2)18-26-12-16-28(17-13-26)22(23-3)24-8-9-25-10-14-27(15-11-25)21(29)20-6-4-5-7-20;/h19-20H,4-18H2,1-3H3,(H,23,24);1H. The van der Waals surface area contributed by atoms with Crippen LogP contribution >= 0.6 is 24.0 Å². The molecule has 3 aliphatic rings. The minimum Gasteiger partial charge on any atom is -0.355 e. The maximum Gasteiger partial charge on any atom is 0.225 e. The summed E-state index contributed by atoms with van der Waals surface area (Å²) in [5.41, 5.74) is 0. The summed E-state index contributed by atoms with van der Waals surface area (Å²) >= 11 is 0. The SMILES string of the molecule is CN=C(NCCN1CCN(C(=O)C2CCCC2)CC1)N1CCN(CC(C)C)CC1.I. The quantitative estimate of drug-likeness (QED) is 0.320. The van der Waals surface area contributed by atoms with E-state index in [0.717, 1.165) is 90.2 Å². The van der Waals surface area contributed by atoms with Gasteiger partial charge in [-0.05, 0) is 18.8 Å². The number of piperazine rings is 2. The minimum atomic E-state index is 0. The molecule has 3 fully saturated rings. The van der Waals surface area contributed by atoms with Crippen LogP contribution in [-0.2, 0) is 4.79 Å². The third-order valence-electron chi connectivity index (χ3n) is 6.61. The van der Waals surface area contributed by atoms with Gasteiger partial charge < -0.3 is 15.1 Å². The van der Waals surface area contributed by atoms with Crippen LogP contribution < -0.4 is 5.32 Å². The van der Waals surface area contributed by atoms with Gasteiger partial charge in [-0.15, -0.1) is 24.0 Å². The number of carbonyl (C=O) groups excluding carboxylic acids is 1. The second kappa shape index (κ2) is 13.1. The summed E-state index contributed by atoms with van der Waals surface area (Å²) in [6.07, 6.45) is 4.67. The van der Waals surface area contributed by atoms with E-state index >= 15 is 0 Å². The smallest absolute Gasteiger partial charge is 0.225 e. The third kappa shape index (κ3) is 7.51. The summed E-state index contributed by atoms with van der Waals surface area (Å²) in [6.45, 7) is 15.8.